The zero-order valence-electron chi connectivity index (χ0n) is 7.51. The highest BCUT2D eigenvalue weighted by molar-refractivity contribution is 9.10. The van der Waals surface area contributed by atoms with Crippen LogP contribution in [-0.4, -0.2) is 6.61 Å². The third-order valence-electron chi connectivity index (χ3n) is 1.85. The van der Waals surface area contributed by atoms with Gasteiger partial charge in [-0.25, -0.2) is 0 Å². The van der Waals surface area contributed by atoms with Crippen molar-refractivity contribution in [1.29, 1.82) is 0 Å². The van der Waals surface area contributed by atoms with Gasteiger partial charge in [0, 0.05) is 10.1 Å². The summed E-state index contributed by atoms with van der Waals surface area (Å²) in [6.45, 7) is 2.64. The smallest absolute Gasteiger partial charge is 0.189 e. The van der Waals surface area contributed by atoms with E-state index in [1.54, 1.807) is 11.3 Å². The molecule has 0 aliphatic carbocycles. The topological polar surface area (TPSA) is 9.23 Å². The van der Waals surface area contributed by atoms with Crippen molar-refractivity contribution in [2.24, 2.45) is 0 Å². The number of halogens is 2. The standard InChI is InChI=1S/C10H8BrClOS/c1-2-13-10-9(11)8-6(12)4-3-5-7(8)14-10/h3-5H,2H2,1H3. The quantitative estimate of drug-likeness (QED) is 0.778. The molecular weight excluding hydrogens is 284 g/mol. The predicted molar refractivity (Wildman–Crippen MR) is 65.7 cm³/mol. The summed E-state index contributed by atoms with van der Waals surface area (Å²) in [5.41, 5.74) is 0. The number of hydrogen-bond donors (Lipinski definition) is 0. The number of fused-ring (bicyclic) bond motifs is 1. The van der Waals surface area contributed by atoms with E-state index in [4.69, 9.17) is 16.3 Å². The normalized spacial score (nSPS) is 10.8. The Morgan fingerprint density at radius 1 is 1.50 bits per heavy atom. The molecule has 0 fully saturated rings. The maximum atomic E-state index is 6.10. The van der Waals surface area contributed by atoms with Gasteiger partial charge in [-0.1, -0.05) is 29.0 Å². The first-order valence-electron chi connectivity index (χ1n) is 4.23. The Kier molecular flexibility index (Phi) is 3.00. The van der Waals surface area contributed by atoms with Crippen LogP contribution < -0.4 is 4.74 Å². The van der Waals surface area contributed by atoms with Crippen molar-refractivity contribution in [2.75, 3.05) is 6.61 Å². The van der Waals surface area contributed by atoms with Crippen LogP contribution in [0.15, 0.2) is 22.7 Å². The van der Waals surface area contributed by atoms with Gasteiger partial charge < -0.3 is 4.74 Å². The summed E-state index contributed by atoms with van der Waals surface area (Å²) >= 11 is 11.2. The van der Waals surface area contributed by atoms with Crippen LogP contribution in [0.25, 0.3) is 10.1 Å². The lowest BCUT2D eigenvalue weighted by Crippen LogP contribution is -1.88. The minimum absolute atomic E-state index is 0.670. The highest BCUT2D eigenvalue weighted by Gasteiger charge is 2.12. The van der Waals surface area contributed by atoms with Gasteiger partial charge >= 0.3 is 0 Å². The fraction of sp³-hybridized carbons (Fsp3) is 0.200. The molecule has 2 rings (SSSR count). The summed E-state index contributed by atoms with van der Waals surface area (Å²) in [7, 11) is 0. The predicted octanol–water partition coefficient (Wildman–Crippen LogP) is 4.72. The van der Waals surface area contributed by atoms with E-state index in [0.717, 1.165) is 24.6 Å². The van der Waals surface area contributed by atoms with E-state index in [0.29, 0.717) is 6.61 Å². The lowest BCUT2D eigenvalue weighted by Gasteiger charge is -1.98. The lowest BCUT2D eigenvalue weighted by atomic mass is 10.3. The van der Waals surface area contributed by atoms with Gasteiger partial charge in [-0.05, 0) is 35.0 Å². The summed E-state index contributed by atoms with van der Waals surface area (Å²) < 4.78 is 7.60. The van der Waals surface area contributed by atoms with E-state index in [1.807, 2.05) is 25.1 Å². The third kappa shape index (κ3) is 1.64. The third-order valence-corrected chi connectivity index (χ3v) is 4.25. The average molecular weight is 292 g/mol. The highest BCUT2D eigenvalue weighted by atomic mass is 79.9. The maximum absolute atomic E-state index is 6.10. The van der Waals surface area contributed by atoms with Gasteiger partial charge in [0.05, 0.1) is 16.1 Å². The highest BCUT2D eigenvalue weighted by Crippen LogP contribution is 2.44. The van der Waals surface area contributed by atoms with Crippen molar-refractivity contribution in [3.8, 4) is 5.06 Å². The lowest BCUT2D eigenvalue weighted by molar-refractivity contribution is 0.349. The molecule has 1 aromatic carbocycles. The van der Waals surface area contributed by atoms with Crippen molar-refractivity contribution in [2.45, 2.75) is 6.92 Å². The molecule has 0 aliphatic rings. The van der Waals surface area contributed by atoms with Gasteiger partial charge in [0.15, 0.2) is 5.06 Å². The molecule has 0 amide bonds. The van der Waals surface area contributed by atoms with Gasteiger partial charge in [0.2, 0.25) is 0 Å². The Morgan fingerprint density at radius 2 is 2.29 bits per heavy atom. The molecule has 1 aromatic heterocycles. The van der Waals surface area contributed by atoms with Crippen LogP contribution in [0.5, 0.6) is 5.06 Å². The maximum Gasteiger partial charge on any atom is 0.189 e. The van der Waals surface area contributed by atoms with E-state index < -0.39 is 0 Å². The largest absolute Gasteiger partial charge is 0.483 e. The number of hydrogen-bond acceptors (Lipinski definition) is 2. The fourth-order valence-corrected chi connectivity index (χ4v) is 3.66. The SMILES string of the molecule is CCOc1sc2cccc(Cl)c2c1Br. The molecule has 0 N–H and O–H groups in total. The van der Waals surface area contributed by atoms with Crippen molar-refractivity contribution >= 4 is 49.0 Å². The number of ether oxygens (including phenoxy) is 1. The molecule has 0 unspecified atom stereocenters. The zero-order valence-corrected chi connectivity index (χ0v) is 10.7. The molecule has 0 spiro atoms. The molecule has 74 valence electrons. The molecule has 14 heavy (non-hydrogen) atoms. The first kappa shape index (κ1) is 10.3. The molecule has 1 nitrogen and oxygen atoms in total. The fourth-order valence-electron chi connectivity index (χ4n) is 1.27. The van der Waals surface area contributed by atoms with Crippen LogP contribution in [0.1, 0.15) is 6.92 Å². The molecule has 0 aliphatic heterocycles. The molecule has 0 radical (unpaired) electrons. The van der Waals surface area contributed by atoms with E-state index in [-0.39, 0.29) is 0 Å². The average Bonchev–Trinajstić information content (AvgIpc) is 2.46. The van der Waals surface area contributed by atoms with Gasteiger partial charge in [-0.3, -0.25) is 0 Å². The van der Waals surface area contributed by atoms with Crippen molar-refractivity contribution in [3.05, 3.63) is 27.7 Å². The Labute approximate surface area is 99.8 Å². The summed E-state index contributed by atoms with van der Waals surface area (Å²) in [6.07, 6.45) is 0. The summed E-state index contributed by atoms with van der Waals surface area (Å²) in [5, 5.41) is 2.70. The molecule has 0 atom stereocenters. The van der Waals surface area contributed by atoms with Crippen molar-refractivity contribution in [1.82, 2.24) is 0 Å². The molecule has 0 saturated heterocycles. The van der Waals surface area contributed by atoms with Crippen molar-refractivity contribution < 1.29 is 4.74 Å². The number of benzene rings is 1. The Hall–Kier alpha value is -0.250. The van der Waals surface area contributed by atoms with Crippen LogP contribution in [0.3, 0.4) is 0 Å². The molecule has 4 heteroatoms. The van der Waals surface area contributed by atoms with Crippen LogP contribution in [0.2, 0.25) is 5.02 Å². The molecule has 0 bridgehead atoms. The van der Waals surface area contributed by atoms with E-state index >= 15 is 0 Å². The van der Waals surface area contributed by atoms with Crippen molar-refractivity contribution in [3.63, 3.8) is 0 Å². The Balaban J connectivity index is 2.68. The Morgan fingerprint density at radius 3 is 2.93 bits per heavy atom. The second-order valence-electron chi connectivity index (χ2n) is 2.75. The first-order valence-corrected chi connectivity index (χ1v) is 6.22. The van der Waals surface area contributed by atoms with Crippen LogP contribution >= 0.6 is 38.9 Å². The first-order chi connectivity index (χ1) is 6.74. The second-order valence-corrected chi connectivity index (χ2v) is 4.96. The minimum atomic E-state index is 0.670. The van der Waals surface area contributed by atoms with E-state index in [1.165, 1.54) is 0 Å². The van der Waals surface area contributed by atoms with Crippen LogP contribution in [-0.2, 0) is 0 Å². The molecule has 0 saturated carbocycles. The van der Waals surface area contributed by atoms with Crippen LogP contribution in [0, 0.1) is 0 Å². The summed E-state index contributed by atoms with van der Waals surface area (Å²) in [6, 6.07) is 5.87. The van der Waals surface area contributed by atoms with Crippen LogP contribution in [0.4, 0.5) is 0 Å². The summed E-state index contributed by atoms with van der Waals surface area (Å²) in [5.74, 6) is 0. The van der Waals surface area contributed by atoms with E-state index in [2.05, 4.69) is 15.9 Å². The number of thiophene rings is 1. The van der Waals surface area contributed by atoms with E-state index in [9.17, 15) is 0 Å². The second kappa shape index (κ2) is 4.09. The van der Waals surface area contributed by atoms with Gasteiger partial charge in [0.1, 0.15) is 0 Å². The van der Waals surface area contributed by atoms with Gasteiger partial charge in [-0.2, -0.15) is 0 Å². The minimum Gasteiger partial charge on any atom is -0.483 e. The molecular formula is C10H8BrClOS. The zero-order chi connectivity index (χ0) is 10.1. The monoisotopic (exact) mass is 290 g/mol. The number of rotatable bonds is 2. The molecule has 1 heterocycles. The van der Waals surface area contributed by atoms with Gasteiger partial charge in [0.25, 0.3) is 0 Å². The summed E-state index contributed by atoms with van der Waals surface area (Å²) in [4.78, 5) is 0. The van der Waals surface area contributed by atoms with Gasteiger partial charge in [-0.15, -0.1) is 0 Å². The molecule has 2 aromatic rings. The Bertz CT molecular complexity index is 466.